The van der Waals surface area contributed by atoms with E-state index >= 15 is 0 Å². The summed E-state index contributed by atoms with van der Waals surface area (Å²) in [5.74, 6) is 2.55. The first kappa shape index (κ1) is 22.8. The summed E-state index contributed by atoms with van der Waals surface area (Å²) in [7, 11) is -3.84. The molecule has 8 heteroatoms. The maximum absolute atomic E-state index is 13.7. The van der Waals surface area contributed by atoms with Crippen LogP contribution in [0, 0.1) is 30.5 Å². The predicted octanol–water partition coefficient (Wildman–Crippen LogP) is 4.79. The summed E-state index contributed by atoms with van der Waals surface area (Å²) in [6.45, 7) is 1.66. The number of aromatic nitrogens is 1. The molecule has 0 fully saturated rings. The molecule has 2 aromatic heterocycles. The van der Waals surface area contributed by atoms with E-state index in [0.29, 0.717) is 16.0 Å². The van der Waals surface area contributed by atoms with Gasteiger partial charge in [-0.3, -0.25) is 4.79 Å². The molecule has 0 aliphatic heterocycles. The molecule has 4 aromatic rings. The maximum atomic E-state index is 13.7. The third kappa shape index (κ3) is 5.16. The lowest BCUT2D eigenvalue weighted by molar-refractivity contribution is -0.140. The highest BCUT2D eigenvalue weighted by Gasteiger charge is 2.28. The number of carbonyl (C=O) groups is 1. The second-order valence-electron chi connectivity index (χ2n) is 7.71. The number of para-hydroxylation sites is 1. The van der Waals surface area contributed by atoms with E-state index in [4.69, 9.17) is 0 Å². The number of aryl methyl sites for hydroxylation is 1. The Morgan fingerprint density at radius 1 is 1.15 bits per heavy atom. The summed E-state index contributed by atoms with van der Waals surface area (Å²) in [6.07, 6.45) is 1.82. The molecular weight excluding hydrogens is 461 g/mol. The van der Waals surface area contributed by atoms with Crippen molar-refractivity contribution in [3.05, 3.63) is 88.2 Å². The highest BCUT2D eigenvalue weighted by atomic mass is 32.2. The number of halogens is 1. The van der Waals surface area contributed by atoms with E-state index in [-0.39, 0.29) is 16.4 Å². The molecule has 33 heavy (non-hydrogen) atoms. The Morgan fingerprint density at radius 2 is 1.94 bits per heavy atom. The SMILES string of the molecule is Cc1ccc(C#Cc2ccc(S(=O)(=O)C[C@H](Cc3c[nH]c4ccccc34)C(=O)O)s2)cc1F. The van der Waals surface area contributed by atoms with Gasteiger partial charge in [-0.25, -0.2) is 12.8 Å². The van der Waals surface area contributed by atoms with Gasteiger partial charge in [-0.1, -0.05) is 36.1 Å². The molecule has 0 aliphatic rings. The van der Waals surface area contributed by atoms with E-state index in [2.05, 4.69) is 16.8 Å². The number of nitrogens with one attached hydrogen (secondary N) is 1. The first-order valence-corrected chi connectivity index (χ1v) is 12.6. The average Bonchev–Trinajstić information content (AvgIpc) is 3.42. The first-order valence-electron chi connectivity index (χ1n) is 10.1. The number of aromatic amines is 1. The van der Waals surface area contributed by atoms with Gasteiger partial charge < -0.3 is 10.1 Å². The quantitative estimate of drug-likeness (QED) is 0.388. The lowest BCUT2D eigenvalue weighted by Crippen LogP contribution is -2.25. The fourth-order valence-corrected chi connectivity index (χ4v) is 6.29. The van der Waals surface area contributed by atoms with Gasteiger partial charge in [0.2, 0.25) is 0 Å². The third-order valence-electron chi connectivity index (χ3n) is 5.30. The standard InChI is InChI=1S/C25H20FNO4S2/c1-16-6-7-17(12-22(16)26)8-9-20-10-11-24(32-20)33(30,31)15-19(25(28)29)13-18-14-27-23-5-3-2-4-21(18)23/h2-7,10-12,14,19,27H,13,15H2,1H3,(H,28,29)/t19-/m0/s1. The molecule has 0 saturated heterocycles. The van der Waals surface area contributed by atoms with Gasteiger partial charge in [-0.2, -0.15) is 0 Å². The van der Waals surface area contributed by atoms with Crippen LogP contribution >= 0.6 is 11.3 Å². The van der Waals surface area contributed by atoms with Crippen molar-refractivity contribution in [2.24, 2.45) is 5.92 Å². The zero-order valence-corrected chi connectivity index (χ0v) is 19.3. The van der Waals surface area contributed by atoms with E-state index in [1.807, 2.05) is 24.3 Å². The number of carboxylic acids is 1. The largest absolute Gasteiger partial charge is 0.481 e. The number of hydrogen-bond acceptors (Lipinski definition) is 4. The first-order chi connectivity index (χ1) is 15.7. The Morgan fingerprint density at radius 3 is 2.70 bits per heavy atom. The molecule has 2 heterocycles. The van der Waals surface area contributed by atoms with Crippen molar-refractivity contribution in [2.75, 3.05) is 5.75 Å². The Bertz CT molecular complexity index is 1510. The van der Waals surface area contributed by atoms with Crippen LogP contribution in [0.4, 0.5) is 4.39 Å². The molecule has 5 nitrogen and oxygen atoms in total. The number of H-pyrrole nitrogens is 1. The zero-order valence-electron chi connectivity index (χ0n) is 17.6. The molecular formula is C25H20FNO4S2. The van der Waals surface area contributed by atoms with Crippen LogP contribution in [0.15, 0.2) is 65.0 Å². The van der Waals surface area contributed by atoms with E-state index in [1.54, 1.807) is 31.3 Å². The number of aliphatic carboxylic acids is 1. The van der Waals surface area contributed by atoms with E-state index < -0.39 is 27.5 Å². The van der Waals surface area contributed by atoms with Crippen molar-refractivity contribution in [1.29, 1.82) is 0 Å². The minimum Gasteiger partial charge on any atom is -0.481 e. The molecule has 0 amide bonds. The number of benzene rings is 2. The second-order valence-corrected chi connectivity index (χ2v) is 11.1. The molecule has 1 atom stereocenters. The molecule has 0 aliphatic carbocycles. The van der Waals surface area contributed by atoms with E-state index in [9.17, 15) is 22.7 Å². The maximum Gasteiger partial charge on any atom is 0.307 e. The summed E-state index contributed by atoms with van der Waals surface area (Å²) in [6, 6.07) is 15.1. The van der Waals surface area contributed by atoms with Crippen LogP contribution in [-0.2, 0) is 21.1 Å². The van der Waals surface area contributed by atoms with Crippen molar-refractivity contribution >= 4 is 38.0 Å². The van der Waals surface area contributed by atoms with Gasteiger partial charge in [0.25, 0.3) is 0 Å². The van der Waals surface area contributed by atoms with Crippen LogP contribution < -0.4 is 0 Å². The number of sulfone groups is 1. The van der Waals surface area contributed by atoms with Crippen molar-refractivity contribution in [3.8, 4) is 11.8 Å². The fourth-order valence-electron chi connectivity index (χ4n) is 3.49. The Labute approximate surface area is 194 Å². The van der Waals surface area contributed by atoms with Gasteiger partial charge in [0.15, 0.2) is 9.84 Å². The van der Waals surface area contributed by atoms with Crippen molar-refractivity contribution in [2.45, 2.75) is 17.6 Å². The average molecular weight is 482 g/mol. The highest BCUT2D eigenvalue weighted by Crippen LogP contribution is 2.26. The summed E-state index contributed by atoms with van der Waals surface area (Å²) < 4.78 is 39.6. The number of fused-ring (bicyclic) bond motifs is 1. The van der Waals surface area contributed by atoms with Gasteiger partial charge in [0.05, 0.1) is 16.5 Å². The van der Waals surface area contributed by atoms with Crippen molar-refractivity contribution in [3.63, 3.8) is 0 Å². The molecule has 4 rings (SSSR count). The smallest absolute Gasteiger partial charge is 0.307 e. The minimum atomic E-state index is -3.84. The van der Waals surface area contributed by atoms with Crippen molar-refractivity contribution in [1.82, 2.24) is 4.98 Å². The Kier molecular flexibility index (Phi) is 6.36. The van der Waals surface area contributed by atoms with Crippen LogP contribution in [0.25, 0.3) is 10.9 Å². The van der Waals surface area contributed by atoms with Gasteiger partial charge in [0, 0.05) is 22.7 Å². The monoisotopic (exact) mass is 481 g/mol. The fraction of sp³-hybridized carbons (Fsp3) is 0.160. The molecule has 0 spiro atoms. The molecule has 0 bridgehead atoms. The van der Waals surface area contributed by atoms with Gasteiger partial charge in [-0.05, 0) is 54.8 Å². The minimum absolute atomic E-state index is 0.0621. The second kappa shape index (κ2) is 9.22. The van der Waals surface area contributed by atoms with E-state index in [1.165, 1.54) is 12.1 Å². The summed E-state index contributed by atoms with van der Waals surface area (Å²) >= 11 is 0.976. The van der Waals surface area contributed by atoms with Crippen LogP contribution in [-0.4, -0.2) is 30.2 Å². The van der Waals surface area contributed by atoms with Gasteiger partial charge in [-0.15, -0.1) is 11.3 Å². The van der Waals surface area contributed by atoms with Gasteiger partial charge in [0.1, 0.15) is 10.0 Å². The van der Waals surface area contributed by atoms with Crippen LogP contribution in [0.3, 0.4) is 0 Å². The number of rotatable bonds is 6. The number of carboxylic acid groups (broad SMARTS) is 1. The number of thiophene rings is 1. The summed E-state index contributed by atoms with van der Waals surface area (Å²) in [4.78, 5) is 15.4. The molecule has 2 aromatic carbocycles. The molecule has 0 saturated carbocycles. The molecule has 2 N–H and O–H groups in total. The Balaban J connectivity index is 1.53. The zero-order chi connectivity index (χ0) is 23.6. The molecule has 0 unspecified atom stereocenters. The lowest BCUT2D eigenvalue weighted by Gasteiger charge is -2.11. The third-order valence-corrected chi connectivity index (χ3v) is 8.70. The Hall–Kier alpha value is -3.41. The molecule has 0 radical (unpaired) electrons. The van der Waals surface area contributed by atoms with Gasteiger partial charge >= 0.3 is 5.97 Å². The lowest BCUT2D eigenvalue weighted by atomic mass is 10.0. The summed E-state index contributed by atoms with van der Waals surface area (Å²) in [5.41, 5.74) is 2.64. The van der Waals surface area contributed by atoms with Crippen LogP contribution in [0.1, 0.15) is 21.6 Å². The summed E-state index contributed by atoms with van der Waals surface area (Å²) in [5, 5.41) is 10.6. The normalized spacial score (nSPS) is 12.3. The van der Waals surface area contributed by atoms with Crippen LogP contribution in [0.5, 0.6) is 0 Å². The van der Waals surface area contributed by atoms with Crippen LogP contribution in [0.2, 0.25) is 0 Å². The van der Waals surface area contributed by atoms with Crippen molar-refractivity contribution < 1.29 is 22.7 Å². The number of hydrogen-bond donors (Lipinski definition) is 2. The molecule has 168 valence electrons. The van der Waals surface area contributed by atoms with E-state index in [0.717, 1.165) is 27.8 Å². The highest BCUT2D eigenvalue weighted by molar-refractivity contribution is 7.93. The predicted molar refractivity (Wildman–Crippen MR) is 127 cm³/mol. The topological polar surface area (TPSA) is 87.2 Å².